The molecule has 0 aliphatic heterocycles. The molecule has 5 nitrogen and oxygen atoms in total. The summed E-state index contributed by atoms with van der Waals surface area (Å²) in [4.78, 5) is 21.9. The van der Waals surface area contributed by atoms with Gasteiger partial charge in [-0.15, -0.1) is 0 Å². The second-order valence-corrected chi connectivity index (χ2v) is 4.38. The second-order valence-electron chi connectivity index (χ2n) is 4.00. The molecule has 2 rings (SSSR count). The summed E-state index contributed by atoms with van der Waals surface area (Å²) >= 11 is 5.84. The maximum absolute atomic E-state index is 11.8. The van der Waals surface area contributed by atoms with Crippen molar-refractivity contribution in [2.45, 2.75) is 25.3 Å². The molecule has 0 bridgehead atoms. The molecule has 0 radical (unpaired) electrons. The van der Waals surface area contributed by atoms with Crippen LogP contribution < -0.4 is 5.32 Å². The van der Waals surface area contributed by atoms with Gasteiger partial charge in [0.2, 0.25) is 0 Å². The average molecular weight is 255 g/mol. The van der Waals surface area contributed by atoms with E-state index in [-0.39, 0.29) is 28.2 Å². The summed E-state index contributed by atoms with van der Waals surface area (Å²) in [6.45, 7) is 0. The lowest BCUT2D eigenvalue weighted by atomic mass is 9.93. The number of nitro benzene ring substituents is 1. The lowest BCUT2D eigenvalue weighted by Crippen LogP contribution is -2.39. The molecule has 0 saturated heterocycles. The molecule has 1 aliphatic rings. The Balaban J connectivity index is 2.22. The molecule has 17 heavy (non-hydrogen) atoms. The van der Waals surface area contributed by atoms with Gasteiger partial charge in [-0.25, -0.2) is 0 Å². The topological polar surface area (TPSA) is 72.2 Å². The number of hydrogen-bond acceptors (Lipinski definition) is 3. The van der Waals surface area contributed by atoms with Crippen LogP contribution in [-0.2, 0) is 0 Å². The molecule has 1 N–H and O–H groups in total. The maximum Gasteiger partial charge on any atom is 0.288 e. The van der Waals surface area contributed by atoms with Crippen molar-refractivity contribution < 1.29 is 9.72 Å². The molecule has 0 unspecified atom stereocenters. The van der Waals surface area contributed by atoms with Crippen LogP contribution in [0.2, 0.25) is 5.02 Å². The fourth-order valence-corrected chi connectivity index (χ4v) is 1.93. The van der Waals surface area contributed by atoms with E-state index >= 15 is 0 Å². The van der Waals surface area contributed by atoms with Crippen molar-refractivity contribution in [3.8, 4) is 0 Å². The molecule has 1 amide bonds. The van der Waals surface area contributed by atoms with E-state index in [1.165, 1.54) is 18.2 Å². The van der Waals surface area contributed by atoms with Crippen LogP contribution in [0, 0.1) is 10.1 Å². The lowest BCUT2D eigenvalue weighted by molar-refractivity contribution is -0.384. The number of rotatable bonds is 3. The molecule has 1 saturated carbocycles. The predicted octanol–water partition coefficient (Wildman–Crippen LogP) is 2.53. The number of halogens is 1. The Bertz CT molecular complexity index is 472. The van der Waals surface area contributed by atoms with Crippen LogP contribution in [0.4, 0.5) is 5.69 Å². The van der Waals surface area contributed by atoms with Gasteiger partial charge in [-0.3, -0.25) is 14.9 Å². The standard InChI is InChI=1S/C11H11ClN2O3/c12-10-8(5-2-6-9(10)14(16)17)11(15)13-7-3-1-4-7/h2,5-7H,1,3-4H2,(H,13,15). The van der Waals surface area contributed by atoms with Gasteiger partial charge in [0.25, 0.3) is 11.6 Å². The number of carbonyl (C=O) groups excluding carboxylic acids is 1. The average Bonchev–Trinajstić information content (AvgIpc) is 2.23. The van der Waals surface area contributed by atoms with Crippen LogP contribution in [-0.4, -0.2) is 16.9 Å². The molecule has 90 valence electrons. The Morgan fingerprint density at radius 2 is 2.18 bits per heavy atom. The van der Waals surface area contributed by atoms with Gasteiger partial charge in [-0.2, -0.15) is 0 Å². The van der Waals surface area contributed by atoms with E-state index in [4.69, 9.17) is 11.6 Å². The van der Waals surface area contributed by atoms with Crippen LogP contribution >= 0.6 is 11.6 Å². The van der Waals surface area contributed by atoms with Gasteiger partial charge >= 0.3 is 0 Å². The number of nitrogens with one attached hydrogen (secondary N) is 1. The van der Waals surface area contributed by atoms with Crippen molar-refractivity contribution in [3.05, 3.63) is 38.9 Å². The first kappa shape index (κ1) is 11.9. The highest BCUT2D eigenvalue weighted by Gasteiger charge is 2.24. The van der Waals surface area contributed by atoms with Crippen LogP contribution in [0.1, 0.15) is 29.6 Å². The first-order chi connectivity index (χ1) is 8.09. The maximum atomic E-state index is 11.8. The third-order valence-corrected chi connectivity index (χ3v) is 3.26. The Morgan fingerprint density at radius 3 is 2.71 bits per heavy atom. The van der Waals surface area contributed by atoms with Gasteiger partial charge in [-0.1, -0.05) is 17.7 Å². The number of nitro groups is 1. The molecule has 1 aromatic carbocycles. The quantitative estimate of drug-likeness (QED) is 0.665. The Kier molecular flexibility index (Phi) is 3.28. The molecule has 1 fully saturated rings. The number of nitrogens with zero attached hydrogens (tertiary/aromatic N) is 1. The second kappa shape index (κ2) is 4.71. The fourth-order valence-electron chi connectivity index (χ4n) is 1.65. The minimum Gasteiger partial charge on any atom is -0.349 e. The lowest BCUT2D eigenvalue weighted by Gasteiger charge is -2.26. The Hall–Kier alpha value is -1.62. The zero-order valence-electron chi connectivity index (χ0n) is 8.98. The van der Waals surface area contributed by atoms with Gasteiger partial charge in [0.1, 0.15) is 5.02 Å². The third kappa shape index (κ3) is 2.39. The van der Waals surface area contributed by atoms with Crippen molar-refractivity contribution in [1.29, 1.82) is 0 Å². The first-order valence-electron chi connectivity index (χ1n) is 5.33. The number of amides is 1. The highest BCUT2D eigenvalue weighted by molar-refractivity contribution is 6.35. The van der Waals surface area contributed by atoms with E-state index < -0.39 is 4.92 Å². The SMILES string of the molecule is O=C(NC1CCC1)c1cccc([N+](=O)[O-])c1Cl. The summed E-state index contributed by atoms with van der Waals surface area (Å²) in [5.74, 6) is -0.344. The summed E-state index contributed by atoms with van der Waals surface area (Å²) in [6, 6.07) is 4.41. The molecule has 6 heteroatoms. The van der Waals surface area contributed by atoms with Crippen LogP contribution in [0.5, 0.6) is 0 Å². The van der Waals surface area contributed by atoms with E-state index in [1.54, 1.807) is 0 Å². The predicted molar refractivity (Wildman–Crippen MR) is 63.2 cm³/mol. The van der Waals surface area contributed by atoms with E-state index in [0.29, 0.717) is 0 Å². The van der Waals surface area contributed by atoms with Crippen LogP contribution in [0.25, 0.3) is 0 Å². The minimum atomic E-state index is -0.595. The molecule has 1 aliphatic carbocycles. The highest BCUT2D eigenvalue weighted by atomic mass is 35.5. The smallest absolute Gasteiger partial charge is 0.288 e. The summed E-state index contributed by atoms with van der Waals surface area (Å²) in [5, 5.41) is 13.4. The molecular formula is C11H11ClN2O3. The van der Waals surface area contributed by atoms with Crippen molar-refractivity contribution in [2.24, 2.45) is 0 Å². The van der Waals surface area contributed by atoms with Crippen molar-refractivity contribution >= 4 is 23.2 Å². The van der Waals surface area contributed by atoms with Crippen molar-refractivity contribution in [1.82, 2.24) is 5.32 Å². The molecule has 0 atom stereocenters. The van der Waals surface area contributed by atoms with Gasteiger partial charge < -0.3 is 5.32 Å². The van der Waals surface area contributed by atoms with E-state index in [0.717, 1.165) is 19.3 Å². The van der Waals surface area contributed by atoms with Gasteiger partial charge in [0.05, 0.1) is 10.5 Å². The van der Waals surface area contributed by atoms with Crippen molar-refractivity contribution in [2.75, 3.05) is 0 Å². The van der Waals surface area contributed by atoms with Crippen LogP contribution in [0.15, 0.2) is 18.2 Å². The zero-order chi connectivity index (χ0) is 12.4. The summed E-state index contributed by atoms with van der Waals surface area (Å²) in [7, 11) is 0. The normalized spacial score (nSPS) is 15.1. The Morgan fingerprint density at radius 1 is 1.47 bits per heavy atom. The molecule has 0 aromatic heterocycles. The Labute approximate surface area is 103 Å². The van der Waals surface area contributed by atoms with Gasteiger partial charge in [0.15, 0.2) is 0 Å². The fraction of sp³-hybridized carbons (Fsp3) is 0.364. The third-order valence-electron chi connectivity index (χ3n) is 2.86. The van der Waals surface area contributed by atoms with Crippen molar-refractivity contribution in [3.63, 3.8) is 0 Å². The summed E-state index contributed by atoms with van der Waals surface area (Å²) in [5.41, 5.74) is -0.0827. The number of hydrogen-bond donors (Lipinski definition) is 1. The monoisotopic (exact) mass is 254 g/mol. The number of benzene rings is 1. The number of carbonyl (C=O) groups is 1. The molecule has 0 spiro atoms. The van der Waals surface area contributed by atoms with Gasteiger partial charge in [-0.05, 0) is 25.3 Å². The summed E-state index contributed by atoms with van der Waals surface area (Å²) < 4.78 is 0. The summed E-state index contributed by atoms with van der Waals surface area (Å²) in [6.07, 6.45) is 3.02. The largest absolute Gasteiger partial charge is 0.349 e. The molecule has 1 aromatic rings. The van der Waals surface area contributed by atoms with E-state index in [9.17, 15) is 14.9 Å². The molecular weight excluding hydrogens is 244 g/mol. The van der Waals surface area contributed by atoms with Gasteiger partial charge in [0, 0.05) is 12.1 Å². The molecule has 0 heterocycles. The first-order valence-corrected chi connectivity index (χ1v) is 5.71. The van der Waals surface area contributed by atoms with Crippen LogP contribution in [0.3, 0.4) is 0 Å². The zero-order valence-corrected chi connectivity index (χ0v) is 9.74. The highest BCUT2D eigenvalue weighted by Crippen LogP contribution is 2.28. The minimum absolute atomic E-state index is 0.102. The van der Waals surface area contributed by atoms with E-state index in [2.05, 4.69) is 5.32 Å². The van der Waals surface area contributed by atoms with E-state index in [1.807, 2.05) is 0 Å².